The molecule has 0 N–H and O–H groups in total. The zero-order valence-corrected chi connectivity index (χ0v) is 15.4. The Morgan fingerprint density at radius 1 is 1.19 bits per heavy atom. The summed E-state index contributed by atoms with van der Waals surface area (Å²) in [5.41, 5.74) is 4.01. The highest BCUT2D eigenvalue weighted by Gasteiger charge is 2.24. The minimum Gasteiger partial charge on any atom is -0.450 e. The molecule has 0 aliphatic heterocycles. The maximum Gasteiger partial charge on any atom is 0.134 e. The summed E-state index contributed by atoms with van der Waals surface area (Å²) in [5, 5.41) is 0. The van der Waals surface area contributed by atoms with E-state index in [1.54, 1.807) is 0 Å². The molecule has 0 aromatic heterocycles. The molecule has 0 heterocycles. The van der Waals surface area contributed by atoms with Gasteiger partial charge in [0.05, 0.1) is 0 Å². The van der Waals surface area contributed by atoms with Gasteiger partial charge in [-0.2, -0.15) is 0 Å². The van der Waals surface area contributed by atoms with E-state index < -0.39 is 10.3 Å². The maximum atomic E-state index is 5.93. The molecule has 1 aromatic rings. The van der Waals surface area contributed by atoms with Gasteiger partial charge in [0.2, 0.25) is 0 Å². The highest BCUT2D eigenvalue weighted by Crippen LogP contribution is 2.42. The second-order valence-corrected chi connectivity index (χ2v) is 10.1. The van der Waals surface area contributed by atoms with Crippen LogP contribution in [0.3, 0.4) is 0 Å². The lowest BCUT2D eigenvalue weighted by Gasteiger charge is -2.31. The van der Waals surface area contributed by atoms with E-state index >= 15 is 0 Å². The fourth-order valence-electron chi connectivity index (χ4n) is 2.43. The van der Waals surface area contributed by atoms with Crippen molar-refractivity contribution in [1.29, 1.82) is 0 Å². The van der Waals surface area contributed by atoms with Crippen molar-refractivity contribution >= 4 is 22.1 Å². The summed E-state index contributed by atoms with van der Waals surface area (Å²) in [6.07, 6.45) is 11.9. The molecule has 1 aliphatic carbocycles. The fourth-order valence-corrected chi connectivity index (χ4v) is 3.13. The van der Waals surface area contributed by atoms with Crippen molar-refractivity contribution in [3.05, 3.63) is 47.5 Å². The molecule has 0 radical (unpaired) electrons. The largest absolute Gasteiger partial charge is 0.450 e. The molecule has 2 heteroatoms. The third-order valence-corrected chi connectivity index (χ3v) is 4.08. The predicted molar refractivity (Wildman–Crippen MR) is 99.9 cm³/mol. The topological polar surface area (TPSA) is 9.23 Å². The van der Waals surface area contributed by atoms with Crippen molar-refractivity contribution in [1.82, 2.24) is 0 Å². The second-order valence-electron chi connectivity index (χ2n) is 6.52. The number of hydrogen-bond acceptors (Lipinski definition) is 1. The smallest absolute Gasteiger partial charge is 0.134 e. The van der Waals surface area contributed by atoms with Gasteiger partial charge in [-0.3, -0.25) is 0 Å². The Bertz CT molecular complexity index is 533. The van der Waals surface area contributed by atoms with Crippen LogP contribution in [0.15, 0.2) is 30.9 Å². The summed E-state index contributed by atoms with van der Waals surface area (Å²) in [4.78, 5) is 0. The van der Waals surface area contributed by atoms with Crippen LogP contribution >= 0.6 is 10.3 Å². The third kappa shape index (κ3) is 4.67. The number of allylic oxidation sites excluding steroid dienone is 1. The highest BCUT2D eigenvalue weighted by atomic mass is 32.3. The molecular weight excluding hydrogens is 276 g/mol. The Labute approximate surface area is 132 Å². The zero-order valence-electron chi connectivity index (χ0n) is 14.6. The van der Waals surface area contributed by atoms with Gasteiger partial charge in [0, 0.05) is 5.56 Å². The van der Waals surface area contributed by atoms with Crippen molar-refractivity contribution in [3.8, 4) is 0 Å². The summed E-state index contributed by atoms with van der Waals surface area (Å²) in [6, 6.07) is 6.55. The lowest BCUT2D eigenvalue weighted by Crippen LogP contribution is -2.19. The SMILES string of the molecule is C=C(OS(C)(C)C)c1ccc2c(c1)C=CCC2(C)C.CC. The standard InChI is InChI=1S/C17H24OS.C2H6/c1-13(18-19(4,5)6)14-9-10-16-15(12-14)8-7-11-17(16,2)3;1-2/h7-10,12H,1,11H2,2-6H3;1-2H3. The normalized spacial score (nSPS) is 16.3. The van der Waals surface area contributed by atoms with Crippen LogP contribution in [0.25, 0.3) is 11.8 Å². The van der Waals surface area contributed by atoms with E-state index in [0.29, 0.717) is 0 Å². The predicted octanol–water partition coefficient (Wildman–Crippen LogP) is 6.00. The van der Waals surface area contributed by atoms with Crippen LogP contribution in [0.2, 0.25) is 0 Å². The first kappa shape index (κ1) is 17.9. The molecule has 0 unspecified atom stereocenters. The van der Waals surface area contributed by atoms with E-state index in [9.17, 15) is 0 Å². The molecule has 0 amide bonds. The Morgan fingerprint density at radius 2 is 1.81 bits per heavy atom. The first-order valence-corrected chi connectivity index (χ1v) is 10.4. The molecular formula is C19H30OS. The van der Waals surface area contributed by atoms with Crippen molar-refractivity contribution in [3.63, 3.8) is 0 Å². The van der Waals surface area contributed by atoms with E-state index in [0.717, 1.165) is 17.7 Å². The molecule has 0 saturated heterocycles. The fraction of sp³-hybridized carbons (Fsp3) is 0.474. The second kappa shape index (κ2) is 6.74. The molecule has 0 saturated carbocycles. The van der Waals surface area contributed by atoms with Crippen molar-refractivity contribution in [2.75, 3.05) is 18.8 Å². The zero-order chi connectivity index (χ0) is 16.3. The van der Waals surface area contributed by atoms with Crippen molar-refractivity contribution in [2.24, 2.45) is 0 Å². The van der Waals surface area contributed by atoms with Crippen LogP contribution in [0, 0.1) is 0 Å². The molecule has 21 heavy (non-hydrogen) atoms. The van der Waals surface area contributed by atoms with Crippen LogP contribution in [-0.2, 0) is 9.60 Å². The first-order chi connectivity index (χ1) is 9.69. The van der Waals surface area contributed by atoms with Gasteiger partial charge < -0.3 is 4.18 Å². The summed E-state index contributed by atoms with van der Waals surface area (Å²) in [6.45, 7) is 12.7. The summed E-state index contributed by atoms with van der Waals surface area (Å²) < 4.78 is 5.93. The van der Waals surface area contributed by atoms with Gasteiger partial charge in [-0.05, 0) is 47.8 Å². The molecule has 0 spiro atoms. The van der Waals surface area contributed by atoms with Crippen LogP contribution in [0.5, 0.6) is 0 Å². The summed E-state index contributed by atoms with van der Waals surface area (Å²) >= 11 is 0. The van der Waals surface area contributed by atoms with Crippen LogP contribution in [0.4, 0.5) is 0 Å². The van der Waals surface area contributed by atoms with Gasteiger partial charge in [0.25, 0.3) is 0 Å². The minimum atomic E-state index is -1.03. The molecule has 0 fully saturated rings. The van der Waals surface area contributed by atoms with Crippen molar-refractivity contribution in [2.45, 2.75) is 39.5 Å². The monoisotopic (exact) mass is 306 g/mol. The van der Waals surface area contributed by atoms with Gasteiger partial charge in [-0.15, -0.1) is 10.3 Å². The number of fused-ring (bicyclic) bond motifs is 1. The summed E-state index contributed by atoms with van der Waals surface area (Å²) in [7, 11) is -1.03. The van der Waals surface area contributed by atoms with E-state index in [-0.39, 0.29) is 5.41 Å². The van der Waals surface area contributed by atoms with Crippen LogP contribution < -0.4 is 0 Å². The number of rotatable bonds is 3. The van der Waals surface area contributed by atoms with Crippen LogP contribution in [-0.4, -0.2) is 18.8 Å². The lowest BCUT2D eigenvalue weighted by molar-refractivity contribution is 0.528. The molecule has 0 atom stereocenters. The average molecular weight is 307 g/mol. The van der Waals surface area contributed by atoms with Gasteiger partial charge in [0.1, 0.15) is 5.76 Å². The van der Waals surface area contributed by atoms with Gasteiger partial charge >= 0.3 is 0 Å². The molecule has 1 aromatic carbocycles. The molecule has 1 aliphatic rings. The Kier molecular flexibility index (Phi) is 5.75. The van der Waals surface area contributed by atoms with E-state index in [1.165, 1.54) is 11.1 Å². The van der Waals surface area contributed by atoms with E-state index in [4.69, 9.17) is 4.18 Å². The summed E-state index contributed by atoms with van der Waals surface area (Å²) in [5.74, 6) is 0.780. The Hall–Kier alpha value is -1.15. The van der Waals surface area contributed by atoms with Gasteiger partial charge in [0.15, 0.2) is 0 Å². The average Bonchev–Trinajstić information content (AvgIpc) is 2.38. The highest BCUT2D eigenvalue weighted by molar-refractivity contribution is 8.28. The Morgan fingerprint density at radius 3 is 2.38 bits per heavy atom. The van der Waals surface area contributed by atoms with Crippen LogP contribution in [0.1, 0.15) is 50.8 Å². The number of benzene rings is 1. The molecule has 1 nitrogen and oxygen atoms in total. The van der Waals surface area contributed by atoms with Gasteiger partial charge in [-0.25, -0.2) is 0 Å². The first-order valence-electron chi connectivity index (χ1n) is 7.57. The molecule has 118 valence electrons. The van der Waals surface area contributed by atoms with E-state index in [1.807, 2.05) is 13.8 Å². The molecule has 2 rings (SSSR count). The number of hydrogen-bond donors (Lipinski definition) is 0. The van der Waals surface area contributed by atoms with Crippen molar-refractivity contribution < 1.29 is 4.18 Å². The minimum absolute atomic E-state index is 0.222. The van der Waals surface area contributed by atoms with Gasteiger partial charge in [-0.1, -0.05) is 58.6 Å². The quantitative estimate of drug-likeness (QED) is 0.622. The maximum absolute atomic E-state index is 5.93. The Balaban J connectivity index is 0.00000106. The third-order valence-electron chi connectivity index (χ3n) is 3.38. The molecule has 0 bridgehead atoms. The lowest BCUT2D eigenvalue weighted by atomic mass is 9.75. The van der Waals surface area contributed by atoms with E-state index in [2.05, 4.69) is 69.5 Å².